The van der Waals surface area contributed by atoms with Gasteiger partial charge in [0, 0.05) is 18.8 Å². The molecule has 0 aromatic carbocycles. The molecule has 0 heterocycles. The normalized spacial score (nSPS) is 12.7. The predicted molar refractivity (Wildman–Crippen MR) is 263 cm³/mol. The smallest absolute Gasteiger partial charge is 0.306 e. The fourth-order valence-electron chi connectivity index (χ4n) is 8.26. The number of ether oxygens (including phenoxy) is 2. The summed E-state index contributed by atoms with van der Waals surface area (Å²) in [7, 11) is 0. The van der Waals surface area contributed by atoms with Crippen molar-refractivity contribution in [2.45, 2.75) is 297 Å². The lowest BCUT2D eigenvalue weighted by molar-refractivity contribution is -0.160. The topological polar surface area (TPSA) is 95.7 Å². The van der Waals surface area contributed by atoms with Crippen LogP contribution in [0.4, 0.5) is 0 Å². The first-order valence-corrected chi connectivity index (χ1v) is 26.9. The van der Waals surface area contributed by atoms with Crippen molar-refractivity contribution in [3.8, 4) is 0 Å². The second-order valence-corrected chi connectivity index (χ2v) is 18.5. The number of hydrogen-bond donors (Lipinski definition) is 1. The van der Waals surface area contributed by atoms with Crippen LogP contribution in [-0.4, -0.2) is 30.6 Å². The predicted octanol–water partition coefficient (Wildman–Crippen LogP) is 17.1. The third-order valence-electron chi connectivity index (χ3n) is 12.4. The zero-order chi connectivity index (χ0) is 44.5. The van der Waals surface area contributed by atoms with Crippen LogP contribution in [0.2, 0.25) is 0 Å². The SMILES string of the molecule is CCCCCCCCC=CCCCCCCCC(=O)OCC(CC(CCCCCCC=CCCCCCCCC)C(N)=O)OC(=O)CCCCCCCCCCCCCCC. The molecule has 2 atom stereocenters. The number of esters is 2. The van der Waals surface area contributed by atoms with Gasteiger partial charge in [-0.25, -0.2) is 0 Å². The van der Waals surface area contributed by atoms with Crippen molar-refractivity contribution in [2.75, 3.05) is 6.61 Å². The highest BCUT2D eigenvalue weighted by Gasteiger charge is 2.25. The minimum atomic E-state index is -0.651. The second-order valence-electron chi connectivity index (χ2n) is 18.5. The summed E-state index contributed by atoms with van der Waals surface area (Å²) in [5, 5.41) is 0. The van der Waals surface area contributed by atoms with Gasteiger partial charge in [-0.2, -0.15) is 0 Å². The lowest BCUT2D eigenvalue weighted by atomic mass is 9.94. The van der Waals surface area contributed by atoms with Crippen molar-refractivity contribution in [2.24, 2.45) is 11.7 Å². The first kappa shape index (κ1) is 58.9. The van der Waals surface area contributed by atoms with E-state index in [1.165, 1.54) is 167 Å². The summed E-state index contributed by atoms with van der Waals surface area (Å²) in [6, 6.07) is 0. The van der Waals surface area contributed by atoms with Gasteiger partial charge in [-0.3, -0.25) is 14.4 Å². The molecule has 6 nitrogen and oxygen atoms in total. The monoisotopic (exact) mass is 858 g/mol. The van der Waals surface area contributed by atoms with E-state index in [0.29, 0.717) is 25.7 Å². The number of amides is 1. The molecule has 0 radical (unpaired) electrons. The standard InChI is InChI=1S/C55H103NO5/c1-4-7-10-13-16-19-22-25-27-30-32-35-38-41-44-47-53(57)60-50-52(61-54(58)48-45-42-39-36-33-28-24-21-18-15-12-9-6-3)49-51(55(56)59)46-43-40-37-34-31-29-26-23-20-17-14-11-8-5-2/h25-27,29,51-52H,4-24,28,30-50H2,1-3H3,(H2,56,59). The maximum absolute atomic E-state index is 13.0. The molecule has 6 heteroatoms. The Hall–Kier alpha value is -2.11. The number of nitrogens with two attached hydrogens (primary N) is 1. The molecule has 0 saturated carbocycles. The van der Waals surface area contributed by atoms with E-state index in [2.05, 4.69) is 45.1 Å². The summed E-state index contributed by atoms with van der Waals surface area (Å²) >= 11 is 0. The number of hydrogen-bond acceptors (Lipinski definition) is 5. The molecular weight excluding hydrogens is 755 g/mol. The molecule has 0 aromatic rings. The summed E-state index contributed by atoms with van der Waals surface area (Å²) in [5.41, 5.74) is 5.89. The zero-order valence-corrected chi connectivity index (χ0v) is 41.0. The van der Waals surface area contributed by atoms with Crippen LogP contribution >= 0.6 is 0 Å². The number of primary amides is 1. The van der Waals surface area contributed by atoms with E-state index in [0.717, 1.165) is 77.0 Å². The Morgan fingerprint density at radius 3 is 1.08 bits per heavy atom. The molecular formula is C55H103NO5. The van der Waals surface area contributed by atoms with Gasteiger partial charge in [0.25, 0.3) is 0 Å². The summed E-state index contributed by atoms with van der Waals surface area (Å²) < 4.78 is 11.6. The van der Waals surface area contributed by atoms with E-state index in [1.807, 2.05) is 0 Å². The first-order valence-electron chi connectivity index (χ1n) is 26.9. The van der Waals surface area contributed by atoms with E-state index < -0.39 is 12.0 Å². The maximum Gasteiger partial charge on any atom is 0.306 e. The van der Waals surface area contributed by atoms with Crippen LogP contribution in [0.15, 0.2) is 24.3 Å². The lowest BCUT2D eigenvalue weighted by Crippen LogP contribution is -2.32. The zero-order valence-electron chi connectivity index (χ0n) is 41.0. The van der Waals surface area contributed by atoms with Crippen LogP contribution in [0.5, 0.6) is 0 Å². The van der Waals surface area contributed by atoms with Crippen molar-refractivity contribution >= 4 is 17.8 Å². The number of unbranched alkanes of at least 4 members (excludes halogenated alkanes) is 33. The van der Waals surface area contributed by atoms with Gasteiger partial charge < -0.3 is 15.2 Å². The Morgan fingerprint density at radius 1 is 0.410 bits per heavy atom. The molecule has 0 aliphatic carbocycles. The van der Waals surface area contributed by atoms with Crippen molar-refractivity contribution in [3.05, 3.63) is 24.3 Å². The van der Waals surface area contributed by atoms with E-state index in [9.17, 15) is 14.4 Å². The largest absolute Gasteiger partial charge is 0.462 e. The maximum atomic E-state index is 13.0. The fraction of sp³-hybridized carbons (Fsp3) is 0.873. The number of rotatable bonds is 49. The van der Waals surface area contributed by atoms with E-state index in [1.54, 1.807) is 0 Å². The van der Waals surface area contributed by atoms with Crippen LogP contribution < -0.4 is 5.73 Å². The molecule has 61 heavy (non-hydrogen) atoms. The van der Waals surface area contributed by atoms with Gasteiger partial charge in [0.2, 0.25) is 5.91 Å². The molecule has 0 aliphatic heterocycles. The summed E-state index contributed by atoms with van der Waals surface area (Å²) in [4.78, 5) is 38.3. The van der Waals surface area contributed by atoms with Crippen LogP contribution in [0.25, 0.3) is 0 Å². The highest BCUT2D eigenvalue weighted by molar-refractivity contribution is 5.76. The Morgan fingerprint density at radius 2 is 0.721 bits per heavy atom. The minimum Gasteiger partial charge on any atom is -0.462 e. The van der Waals surface area contributed by atoms with E-state index in [-0.39, 0.29) is 24.5 Å². The van der Waals surface area contributed by atoms with E-state index >= 15 is 0 Å². The molecule has 0 aliphatic rings. The van der Waals surface area contributed by atoms with E-state index in [4.69, 9.17) is 15.2 Å². The Balaban J connectivity index is 4.60. The van der Waals surface area contributed by atoms with Crippen molar-refractivity contribution in [1.29, 1.82) is 0 Å². The Kier molecular flexibility index (Phi) is 47.2. The van der Waals surface area contributed by atoms with Gasteiger partial charge in [-0.15, -0.1) is 0 Å². The lowest BCUT2D eigenvalue weighted by Gasteiger charge is -2.22. The van der Waals surface area contributed by atoms with Crippen molar-refractivity contribution in [1.82, 2.24) is 0 Å². The Labute approximate surface area is 379 Å². The molecule has 1 amide bonds. The van der Waals surface area contributed by atoms with Crippen LogP contribution in [0, 0.1) is 5.92 Å². The number of allylic oxidation sites excluding steroid dienone is 4. The molecule has 0 aromatic heterocycles. The molecule has 2 unspecified atom stereocenters. The van der Waals surface area contributed by atoms with Gasteiger partial charge in [0.05, 0.1) is 0 Å². The van der Waals surface area contributed by atoms with Gasteiger partial charge in [0.1, 0.15) is 12.7 Å². The van der Waals surface area contributed by atoms with Crippen molar-refractivity contribution < 1.29 is 23.9 Å². The Bertz CT molecular complexity index is 1010. The molecule has 2 N–H and O–H groups in total. The third kappa shape index (κ3) is 45.7. The summed E-state index contributed by atoms with van der Waals surface area (Å²) in [5.74, 6) is -1.30. The van der Waals surface area contributed by atoms with Crippen LogP contribution in [0.3, 0.4) is 0 Å². The number of carbonyl (C=O) groups is 3. The fourth-order valence-corrected chi connectivity index (χ4v) is 8.26. The van der Waals surface area contributed by atoms with Crippen LogP contribution in [0.1, 0.15) is 290 Å². The third-order valence-corrected chi connectivity index (χ3v) is 12.4. The summed E-state index contributed by atoms with van der Waals surface area (Å²) in [6.45, 7) is 6.78. The minimum absolute atomic E-state index is 0.0108. The molecule has 0 saturated heterocycles. The molecule has 0 fully saturated rings. The molecule has 358 valence electrons. The molecule has 0 rings (SSSR count). The van der Waals surface area contributed by atoms with Crippen LogP contribution in [-0.2, 0) is 23.9 Å². The number of carbonyl (C=O) groups excluding carboxylic acids is 3. The average molecular weight is 858 g/mol. The molecule has 0 bridgehead atoms. The quantitative estimate of drug-likeness (QED) is 0.0373. The second kappa shape index (κ2) is 48.9. The highest BCUT2D eigenvalue weighted by atomic mass is 16.6. The molecule has 0 spiro atoms. The van der Waals surface area contributed by atoms with Crippen molar-refractivity contribution in [3.63, 3.8) is 0 Å². The summed E-state index contributed by atoms with van der Waals surface area (Å²) in [6.07, 6.45) is 56.9. The highest BCUT2D eigenvalue weighted by Crippen LogP contribution is 2.21. The van der Waals surface area contributed by atoms with Gasteiger partial charge in [-0.1, -0.05) is 225 Å². The first-order chi connectivity index (χ1) is 29.9. The van der Waals surface area contributed by atoms with Gasteiger partial charge in [-0.05, 0) is 77.0 Å². The van der Waals surface area contributed by atoms with Gasteiger partial charge in [0.15, 0.2) is 0 Å². The average Bonchev–Trinajstić information content (AvgIpc) is 3.25. The van der Waals surface area contributed by atoms with Gasteiger partial charge >= 0.3 is 11.9 Å².